The fraction of sp³-hybridized carbons (Fsp3) is 0.476. The highest BCUT2D eigenvalue weighted by atomic mass is 19.3. The van der Waals surface area contributed by atoms with Gasteiger partial charge in [-0.05, 0) is 37.0 Å². The molecular weight excluding hydrogens is 394 g/mol. The van der Waals surface area contributed by atoms with Crippen molar-refractivity contribution in [2.75, 3.05) is 25.1 Å². The number of carbonyl (C=O) groups excluding carboxylic acids is 2. The molecule has 1 saturated carbocycles. The number of fused-ring (bicyclic) bond motifs is 1. The van der Waals surface area contributed by atoms with Gasteiger partial charge in [-0.2, -0.15) is 5.10 Å². The van der Waals surface area contributed by atoms with E-state index in [0.29, 0.717) is 30.8 Å². The number of rotatable bonds is 2. The Labute approximate surface area is 173 Å². The Morgan fingerprint density at radius 2 is 2.13 bits per heavy atom. The fourth-order valence-corrected chi connectivity index (χ4v) is 4.14. The molecule has 0 bridgehead atoms. The van der Waals surface area contributed by atoms with Crippen LogP contribution >= 0.6 is 0 Å². The molecule has 1 aliphatic carbocycles. The maximum atomic E-state index is 14.0. The average molecular weight is 418 g/mol. The van der Waals surface area contributed by atoms with Gasteiger partial charge in [0, 0.05) is 25.4 Å². The normalized spacial score (nSPS) is 28.0. The van der Waals surface area contributed by atoms with Crippen molar-refractivity contribution in [2.45, 2.75) is 37.6 Å². The molecule has 0 aromatic heterocycles. The molecule has 1 aromatic carbocycles. The second kappa shape index (κ2) is 7.37. The van der Waals surface area contributed by atoms with E-state index in [9.17, 15) is 18.4 Å². The quantitative estimate of drug-likeness (QED) is 0.772. The van der Waals surface area contributed by atoms with E-state index in [1.54, 1.807) is 31.3 Å². The second-order valence-corrected chi connectivity index (χ2v) is 8.12. The maximum Gasteiger partial charge on any atom is 0.272 e. The predicted octanol–water partition coefficient (Wildman–Crippen LogP) is 2.24. The van der Waals surface area contributed by atoms with Gasteiger partial charge >= 0.3 is 0 Å². The molecule has 3 aliphatic rings. The molecule has 2 atom stereocenters. The number of anilines is 1. The van der Waals surface area contributed by atoms with E-state index in [1.807, 2.05) is 0 Å². The van der Waals surface area contributed by atoms with Crippen LogP contribution in [0.4, 0.5) is 14.5 Å². The first kappa shape index (κ1) is 20.3. The molecule has 1 spiro atoms. The number of amides is 2. The number of carbonyl (C=O) groups is 2. The number of hydrazone groups is 1. The summed E-state index contributed by atoms with van der Waals surface area (Å²) in [5.74, 6) is -3.20. The van der Waals surface area contributed by atoms with Crippen molar-refractivity contribution >= 4 is 23.2 Å². The van der Waals surface area contributed by atoms with Crippen molar-refractivity contribution in [2.24, 2.45) is 10.5 Å². The number of para-hydroxylation sites is 2. The number of nitrogens with zero attached hydrogens (tertiary/aromatic N) is 2. The van der Waals surface area contributed by atoms with Gasteiger partial charge in [0.15, 0.2) is 5.71 Å². The minimum atomic E-state index is -2.75. The van der Waals surface area contributed by atoms with Crippen LogP contribution in [-0.4, -0.2) is 49.7 Å². The van der Waals surface area contributed by atoms with E-state index in [0.717, 1.165) is 0 Å². The Hall–Kier alpha value is -2.97. The van der Waals surface area contributed by atoms with Crippen molar-refractivity contribution < 1.29 is 23.1 Å². The van der Waals surface area contributed by atoms with Crippen molar-refractivity contribution in [3.63, 3.8) is 0 Å². The van der Waals surface area contributed by atoms with Gasteiger partial charge < -0.3 is 20.4 Å². The van der Waals surface area contributed by atoms with Crippen molar-refractivity contribution in [1.82, 2.24) is 10.7 Å². The van der Waals surface area contributed by atoms with Crippen LogP contribution in [0.15, 0.2) is 41.5 Å². The molecule has 2 amide bonds. The third-order valence-electron chi connectivity index (χ3n) is 6.01. The number of benzene rings is 1. The van der Waals surface area contributed by atoms with Crippen LogP contribution in [0.25, 0.3) is 0 Å². The van der Waals surface area contributed by atoms with Gasteiger partial charge in [0.2, 0.25) is 0 Å². The van der Waals surface area contributed by atoms with Crippen molar-refractivity contribution in [3.05, 3.63) is 36.4 Å². The molecule has 2 N–H and O–H groups in total. The summed E-state index contributed by atoms with van der Waals surface area (Å²) >= 11 is 0. The van der Waals surface area contributed by atoms with E-state index in [-0.39, 0.29) is 36.6 Å². The van der Waals surface area contributed by atoms with E-state index in [2.05, 4.69) is 22.4 Å². The van der Waals surface area contributed by atoms with Gasteiger partial charge in [0.05, 0.1) is 5.69 Å². The molecule has 0 saturated heterocycles. The summed E-state index contributed by atoms with van der Waals surface area (Å²) in [6, 6.07) is 6.12. The van der Waals surface area contributed by atoms with Gasteiger partial charge in [-0.15, -0.1) is 0 Å². The van der Waals surface area contributed by atoms with Gasteiger partial charge in [0.25, 0.3) is 17.7 Å². The monoisotopic (exact) mass is 418 g/mol. The summed E-state index contributed by atoms with van der Waals surface area (Å²) in [6.45, 7) is 4.17. The molecule has 1 aromatic rings. The van der Waals surface area contributed by atoms with E-state index in [1.165, 1.54) is 4.90 Å². The van der Waals surface area contributed by atoms with Gasteiger partial charge in [-0.3, -0.25) is 9.59 Å². The van der Waals surface area contributed by atoms with Crippen LogP contribution in [0.2, 0.25) is 0 Å². The molecule has 7 nitrogen and oxygen atoms in total. The molecule has 1 unspecified atom stereocenters. The van der Waals surface area contributed by atoms with Crippen LogP contribution in [-0.2, 0) is 9.59 Å². The number of hydrogen-bond acceptors (Lipinski definition) is 5. The lowest BCUT2D eigenvalue weighted by Gasteiger charge is -2.21. The summed E-state index contributed by atoms with van der Waals surface area (Å²) < 4.78 is 33.7. The maximum absolute atomic E-state index is 14.0. The molecule has 1 fully saturated rings. The molecule has 0 radical (unpaired) electrons. The Morgan fingerprint density at radius 3 is 2.87 bits per heavy atom. The number of halogens is 2. The third kappa shape index (κ3) is 3.53. The van der Waals surface area contributed by atoms with Crippen LogP contribution in [0.5, 0.6) is 5.75 Å². The second-order valence-electron chi connectivity index (χ2n) is 8.12. The summed E-state index contributed by atoms with van der Waals surface area (Å²) in [5, 5.41) is 6.72. The molecule has 30 heavy (non-hydrogen) atoms. The molecule has 160 valence electrons. The lowest BCUT2D eigenvalue weighted by atomic mass is 9.89. The first-order valence-corrected chi connectivity index (χ1v) is 9.91. The van der Waals surface area contributed by atoms with E-state index < -0.39 is 23.3 Å². The molecule has 9 heteroatoms. The first-order chi connectivity index (χ1) is 14.2. The van der Waals surface area contributed by atoms with Gasteiger partial charge in [-0.1, -0.05) is 18.7 Å². The summed E-state index contributed by atoms with van der Waals surface area (Å²) in [5.41, 5.74) is 2.38. The van der Waals surface area contributed by atoms with Crippen LogP contribution in [0, 0.1) is 5.41 Å². The Bertz CT molecular complexity index is 933. The summed E-state index contributed by atoms with van der Waals surface area (Å²) in [6.07, 6.45) is 0.661. The van der Waals surface area contributed by atoms with Crippen LogP contribution in [0.1, 0.15) is 25.7 Å². The Morgan fingerprint density at radius 1 is 1.40 bits per heavy atom. The summed E-state index contributed by atoms with van der Waals surface area (Å²) in [7, 11) is 1.60. The number of alkyl halides is 2. The largest absolute Gasteiger partial charge is 0.489 e. The number of likely N-dealkylation sites (N-methyl/N-ethyl adjacent to an activating group) is 1. The van der Waals surface area contributed by atoms with Crippen molar-refractivity contribution in [3.8, 4) is 5.75 Å². The Balaban J connectivity index is 1.50. The molecule has 2 aliphatic heterocycles. The van der Waals surface area contributed by atoms with Gasteiger partial charge in [0.1, 0.15) is 18.4 Å². The third-order valence-corrected chi connectivity index (χ3v) is 6.01. The van der Waals surface area contributed by atoms with Crippen molar-refractivity contribution in [1.29, 1.82) is 0 Å². The SMILES string of the molecule is C=C1CC2(CCCNN=C1C(=O)N[C@H]1COc3ccccc3N(C)C1=O)CC2(F)F. The minimum absolute atomic E-state index is 0.00557. The molecule has 2 heterocycles. The zero-order chi connectivity index (χ0) is 21.5. The number of nitrogens with one attached hydrogen (secondary N) is 2. The highest BCUT2D eigenvalue weighted by molar-refractivity contribution is 6.45. The fourth-order valence-electron chi connectivity index (χ4n) is 4.14. The topological polar surface area (TPSA) is 83.0 Å². The number of hydrogen-bond donors (Lipinski definition) is 2. The van der Waals surface area contributed by atoms with E-state index >= 15 is 0 Å². The van der Waals surface area contributed by atoms with Crippen LogP contribution < -0.4 is 20.4 Å². The van der Waals surface area contributed by atoms with E-state index in [4.69, 9.17) is 4.74 Å². The first-order valence-electron chi connectivity index (χ1n) is 9.91. The van der Waals surface area contributed by atoms with Crippen LogP contribution in [0.3, 0.4) is 0 Å². The smallest absolute Gasteiger partial charge is 0.272 e. The zero-order valence-electron chi connectivity index (χ0n) is 16.7. The summed E-state index contributed by atoms with van der Waals surface area (Å²) in [4.78, 5) is 27.2. The zero-order valence-corrected chi connectivity index (χ0v) is 16.7. The number of ether oxygens (including phenoxy) is 1. The minimum Gasteiger partial charge on any atom is -0.489 e. The lowest BCUT2D eigenvalue weighted by molar-refractivity contribution is -0.124. The average Bonchev–Trinajstić information content (AvgIpc) is 3.25. The lowest BCUT2D eigenvalue weighted by Crippen LogP contribution is -2.51. The Kier molecular flexibility index (Phi) is 4.99. The van der Waals surface area contributed by atoms with Gasteiger partial charge in [-0.25, -0.2) is 8.78 Å². The predicted molar refractivity (Wildman–Crippen MR) is 108 cm³/mol. The standard InChI is InChI=1S/C21H24F2N4O3/c1-13-10-20(12-21(20,22)23)8-5-9-24-26-17(13)18(28)25-14-11-30-16-7-4-3-6-15(16)27(2)19(14)29/h3-4,6-7,14,24H,1,5,8-12H2,2H3,(H,25,28)/t14-,20?/m0/s1. The highest BCUT2D eigenvalue weighted by Gasteiger charge is 2.70. The molecule has 4 rings (SSSR count). The highest BCUT2D eigenvalue weighted by Crippen LogP contribution is 2.66. The molecular formula is C21H24F2N4O3.